The van der Waals surface area contributed by atoms with Gasteiger partial charge in [-0.15, -0.1) is 0 Å². The zero-order chi connectivity index (χ0) is 29.1. The van der Waals surface area contributed by atoms with E-state index in [-0.39, 0.29) is 37.7 Å². The molecule has 5 rings (SSSR count). The molecule has 3 aromatic rings. The van der Waals surface area contributed by atoms with Gasteiger partial charge in [-0.1, -0.05) is 0 Å². The lowest BCUT2D eigenvalue weighted by atomic mass is 10.1. The van der Waals surface area contributed by atoms with Crippen molar-refractivity contribution in [3.05, 3.63) is 70.9 Å². The van der Waals surface area contributed by atoms with Crippen molar-refractivity contribution in [3.8, 4) is 0 Å². The van der Waals surface area contributed by atoms with Crippen LogP contribution in [-0.4, -0.2) is 97.3 Å². The highest BCUT2D eigenvalue weighted by molar-refractivity contribution is 7.89. The van der Waals surface area contributed by atoms with Crippen molar-refractivity contribution in [2.45, 2.75) is 17.9 Å². The second-order valence-electron chi connectivity index (χ2n) is 10.2. The van der Waals surface area contributed by atoms with Crippen LogP contribution in [0.15, 0.2) is 47.4 Å². The molecule has 3 N–H and O–H groups in total. The van der Waals surface area contributed by atoms with Crippen LogP contribution in [0.1, 0.15) is 21.6 Å². The standard InChI is InChI=1S/C27H31F2N7O4S/c1-34-8-10-35(11-9-34)16-22(37)15-30-21-4-2-18(3-5-21)27(38)31-26-24-17-36(7-6-25(24)32-33-26)41(39,40)23-13-19(28)12-20(29)14-23/h2-5,12-14,30H,6-11,15-17H2,1H3,(H2,31,32,33,38). The molecule has 3 heterocycles. The Balaban J connectivity index is 1.18. The fourth-order valence-electron chi connectivity index (χ4n) is 4.84. The second kappa shape index (κ2) is 12.0. The molecule has 0 radical (unpaired) electrons. The van der Waals surface area contributed by atoms with E-state index in [2.05, 4.69) is 37.7 Å². The minimum atomic E-state index is -4.19. The molecule has 2 aromatic carbocycles. The van der Waals surface area contributed by atoms with E-state index in [0.717, 1.165) is 42.6 Å². The number of sulfonamides is 1. The lowest BCUT2D eigenvalue weighted by Crippen LogP contribution is -2.46. The molecule has 11 nitrogen and oxygen atoms in total. The molecule has 0 atom stereocenters. The fourth-order valence-corrected chi connectivity index (χ4v) is 6.29. The monoisotopic (exact) mass is 587 g/mol. The van der Waals surface area contributed by atoms with E-state index in [9.17, 15) is 26.8 Å². The molecule has 14 heteroatoms. The molecule has 0 aliphatic carbocycles. The summed E-state index contributed by atoms with van der Waals surface area (Å²) in [7, 11) is -2.12. The number of benzene rings is 2. The van der Waals surface area contributed by atoms with Crippen molar-refractivity contribution < 1.29 is 26.8 Å². The Morgan fingerprint density at radius 1 is 1.00 bits per heavy atom. The van der Waals surface area contributed by atoms with E-state index in [4.69, 9.17) is 0 Å². The number of carbonyl (C=O) groups excluding carboxylic acids is 2. The van der Waals surface area contributed by atoms with Gasteiger partial charge in [0.25, 0.3) is 5.91 Å². The minimum Gasteiger partial charge on any atom is -0.378 e. The number of piperazine rings is 1. The highest BCUT2D eigenvalue weighted by Crippen LogP contribution is 2.29. The summed E-state index contributed by atoms with van der Waals surface area (Å²) in [6.45, 7) is 4.14. The number of nitrogens with zero attached hydrogens (tertiary/aromatic N) is 4. The predicted molar refractivity (Wildman–Crippen MR) is 148 cm³/mol. The SMILES string of the molecule is CN1CCN(CC(=O)CNc2ccc(C(=O)Nc3n[nH]c4c3CN(S(=O)(=O)c3cc(F)cc(F)c3)CC4)cc2)CC1. The van der Waals surface area contributed by atoms with Crippen LogP contribution in [0.3, 0.4) is 0 Å². The summed E-state index contributed by atoms with van der Waals surface area (Å²) in [5, 5.41) is 12.8. The lowest BCUT2D eigenvalue weighted by molar-refractivity contribution is -0.118. The number of aromatic amines is 1. The summed E-state index contributed by atoms with van der Waals surface area (Å²) >= 11 is 0. The second-order valence-corrected chi connectivity index (χ2v) is 12.2. The summed E-state index contributed by atoms with van der Waals surface area (Å²) in [5.74, 6) is -2.18. The molecule has 41 heavy (non-hydrogen) atoms. The van der Waals surface area contributed by atoms with Gasteiger partial charge >= 0.3 is 0 Å². The lowest BCUT2D eigenvalue weighted by Gasteiger charge is -2.31. The van der Waals surface area contributed by atoms with Gasteiger partial charge in [-0.3, -0.25) is 19.6 Å². The van der Waals surface area contributed by atoms with Gasteiger partial charge in [0.05, 0.1) is 18.0 Å². The van der Waals surface area contributed by atoms with Gasteiger partial charge < -0.3 is 15.5 Å². The third-order valence-corrected chi connectivity index (χ3v) is 9.06. The average molecular weight is 588 g/mol. The number of carbonyl (C=O) groups is 2. The molecule has 0 saturated carbocycles. The first-order chi connectivity index (χ1) is 19.6. The summed E-state index contributed by atoms with van der Waals surface area (Å²) in [6.07, 6.45) is 0.281. The van der Waals surface area contributed by atoms with Crippen LogP contribution in [0.5, 0.6) is 0 Å². The molecule has 2 aliphatic heterocycles. The van der Waals surface area contributed by atoms with Crippen LogP contribution in [0.2, 0.25) is 0 Å². The van der Waals surface area contributed by atoms with E-state index < -0.39 is 32.5 Å². The molecule has 0 spiro atoms. The molecule has 218 valence electrons. The topological polar surface area (TPSA) is 131 Å². The van der Waals surface area contributed by atoms with Crippen LogP contribution >= 0.6 is 0 Å². The number of hydrogen-bond acceptors (Lipinski definition) is 8. The first-order valence-electron chi connectivity index (χ1n) is 13.2. The zero-order valence-electron chi connectivity index (χ0n) is 22.5. The Kier molecular flexibility index (Phi) is 8.45. The van der Waals surface area contributed by atoms with Crippen molar-refractivity contribution in [2.75, 3.05) is 63.5 Å². The van der Waals surface area contributed by atoms with E-state index in [1.807, 2.05) is 0 Å². The average Bonchev–Trinajstić information content (AvgIpc) is 3.34. The number of ketones is 1. The number of amides is 1. The number of nitrogens with one attached hydrogen (secondary N) is 3. The molecular weight excluding hydrogens is 556 g/mol. The maximum atomic E-state index is 13.7. The smallest absolute Gasteiger partial charge is 0.256 e. The third kappa shape index (κ3) is 6.78. The van der Waals surface area contributed by atoms with Gasteiger partial charge in [0.2, 0.25) is 10.0 Å². The van der Waals surface area contributed by atoms with Crippen LogP contribution < -0.4 is 10.6 Å². The number of likely N-dealkylation sites (N-methyl/N-ethyl adjacent to an activating group) is 1. The Bertz CT molecular complexity index is 1520. The number of halogens is 2. The number of Topliss-reactive ketones (excluding diaryl/α,β-unsaturated/α-hetero) is 1. The van der Waals surface area contributed by atoms with E-state index in [1.54, 1.807) is 24.3 Å². The molecule has 0 unspecified atom stereocenters. The fraction of sp³-hybridized carbons (Fsp3) is 0.370. The Morgan fingerprint density at radius 3 is 2.37 bits per heavy atom. The maximum Gasteiger partial charge on any atom is 0.256 e. The largest absolute Gasteiger partial charge is 0.378 e. The Morgan fingerprint density at radius 2 is 1.68 bits per heavy atom. The third-order valence-electron chi connectivity index (χ3n) is 7.24. The number of fused-ring (bicyclic) bond motifs is 1. The Hall–Kier alpha value is -3.72. The molecule has 1 saturated heterocycles. The molecule has 1 amide bonds. The van der Waals surface area contributed by atoms with Gasteiger partial charge in [-0.05, 0) is 43.4 Å². The van der Waals surface area contributed by atoms with Crippen molar-refractivity contribution in [3.63, 3.8) is 0 Å². The predicted octanol–water partition coefficient (Wildman–Crippen LogP) is 1.92. The molecule has 1 fully saturated rings. The number of hydrogen-bond donors (Lipinski definition) is 3. The number of rotatable bonds is 9. The van der Waals surface area contributed by atoms with Crippen molar-refractivity contribution in [1.82, 2.24) is 24.3 Å². The first kappa shape index (κ1) is 28.8. The van der Waals surface area contributed by atoms with Gasteiger partial charge in [-0.2, -0.15) is 9.40 Å². The quantitative estimate of drug-likeness (QED) is 0.346. The van der Waals surface area contributed by atoms with Crippen molar-refractivity contribution in [1.29, 1.82) is 0 Å². The summed E-state index contributed by atoms with van der Waals surface area (Å²) in [5.41, 5.74) is 2.17. The van der Waals surface area contributed by atoms with Gasteiger partial charge in [0.15, 0.2) is 11.6 Å². The first-order valence-corrected chi connectivity index (χ1v) is 14.6. The van der Waals surface area contributed by atoms with Crippen molar-refractivity contribution >= 4 is 33.2 Å². The summed E-state index contributed by atoms with van der Waals surface area (Å²) < 4.78 is 54.6. The summed E-state index contributed by atoms with van der Waals surface area (Å²) in [4.78, 5) is 29.2. The normalized spacial score (nSPS) is 16.8. The van der Waals surface area contributed by atoms with E-state index >= 15 is 0 Å². The zero-order valence-corrected chi connectivity index (χ0v) is 23.3. The van der Waals surface area contributed by atoms with Crippen molar-refractivity contribution in [2.24, 2.45) is 0 Å². The number of anilines is 2. The maximum absolute atomic E-state index is 13.7. The van der Waals surface area contributed by atoms with E-state index in [0.29, 0.717) is 35.1 Å². The van der Waals surface area contributed by atoms with Gasteiger partial charge in [0, 0.05) is 74.3 Å². The number of H-pyrrole nitrogens is 1. The summed E-state index contributed by atoms with van der Waals surface area (Å²) in [6, 6.07) is 8.76. The van der Waals surface area contributed by atoms with Crippen LogP contribution in [0, 0.1) is 11.6 Å². The molecular formula is C27H31F2N7O4S. The van der Waals surface area contributed by atoms with Crippen LogP contribution in [0.4, 0.5) is 20.3 Å². The van der Waals surface area contributed by atoms with Gasteiger partial charge in [-0.25, -0.2) is 17.2 Å². The highest BCUT2D eigenvalue weighted by Gasteiger charge is 2.32. The number of aromatic nitrogens is 2. The van der Waals surface area contributed by atoms with E-state index in [1.165, 1.54) is 0 Å². The molecule has 0 bridgehead atoms. The minimum absolute atomic E-state index is 0.0788. The molecule has 1 aromatic heterocycles. The highest BCUT2D eigenvalue weighted by atomic mass is 32.2. The van der Waals surface area contributed by atoms with Gasteiger partial charge in [0.1, 0.15) is 11.6 Å². The van der Waals surface area contributed by atoms with Crippen LogP contribution in [-0.2, 0) is 27.8 Å². The molecule has 2 aliphatic rings. The van der Waals surface area contributed by atoms with Crippen LogP contribution in [0.25, 0.3) is 0 Å². The Labute approximate surface area is 236 Å².